The second-order valence-electron chi connectivity index (χ2n) is 4.37. The Bertz CT molecular complexity index is 383. The standard InChI is InChI=1S/C13H18ClFN2O/c14-13-2-1-12(15)9-11(13)10-16-3-4-17-5-7-18-8-6-17/h1-2,9,16H,3-8,10H2. The molecule has 5 heteroatoms. The SMILES string of the molecule is Fc1ccc(Cl)c(CNCCN2CCOCC2)c1. The number of benzene rings is 1. The highest BCUT2D eigenvalue weighted by molar-refractivity contribution is 6.31. The number of rotatable bonds is 5. The lowest BCUT2D eigenvalue weighted by atomic mass is 10.2. The van der Waals surface area contributed by atoms with E-state index < -0.39 is 0 Å². The maximum absolute atomic E-state index is 13.0. The van der Waals surface area contributed by atoms with Gasteiger partial charge >= 0.3 is 0 Å². The molecule has 0 amide bonds. The smallest absolute Gasteiger partial charge is 0.123 e. The van der Waals surface area contributed by atoms with E-state index in [2.05, 4.69) is 10.2 Å². The lowest BCUT2D eigenvalue weighted by Crippen LogP contribution is -2.40. The van der Waals surface area contributed by atoms with E-state index in [4.69, 9.17) is 16.3 Å². The first-order valence-electron chi connectivity index (χ1n) is 6.20. The maximum atomic E-state index is 13.0. The molecule has 1 aliphatic heterocycles. The topological polar surface area (TPSA) is 24.5 Å². The van der Waals surface area contributed by atoms with Gasteiger partial charge in [0.15, 0.2) is 0 Å². The van der Waals surface area contributed by atoms with Crippen molar-refractivity contribution in [1.29, 1.82) is 0 Å². The number of morpholine rings is 1. The van der Waals surface area contributed by atoms with Gasteiger partial charge in [0.05, 0.1) is 13.2 Å². The van der Waals surface area contributed by atoms with Crippen LogP contribution in [0, 0.1) is 5.82 Å². The Hall–Kier alpha value is -0.680. The molecule has 1 aromatic rings. The minimum Gasteiger partial charge on any atom is -0.379 e. The molecule has 1 N–H and O–H groups in total. The zero-order valence-electron chi connectivity index (χ0n) is 10.3. The summed E-state index contributed by atoms with van der Waals surface area (Å²) < 4.78 is 18.3. The molecule has 0 unspecified atom stereocenters. The number of hydrogen-bond donors (Lipinski definition) is 1. The van der Waals surface area contributed by atoms with Gasteiger partial charge in [-0.3, -0.25) is 4.90 Å². The predicted octanol–water partition coefficient (Wildman–Crippen LogP) is 1.90. The van der Waals surface area contributed by atoms with Crippen LogP contribution in [-0.4, -0.2) is 44.3 Å². The lowest BCUT2D eigenvalue weighted by Gasteiger charge is -2.26. The van der Waals surface area contributed by atoms with Gasteiger partial charge in [-0.15, -0.1) is 0 Å². The number of halogens is 2. The van der Waals surface area contributed by atoms with Crippen LogP contribution in [0.5, 0.6) is 0 Å². The van der Waals surface area contributed by atoms with E-state index in [9.17, 15) is 4.39 Å². The Morgan fingerprint density at radius 1 is 1.33 bits per heavy atom. The van der Waals surface area contributed by atoms with Gasteiger partial charge in [0.2, 0.25) is 0 Å². The maximum Gasteiger partial charge on any atom is 0.123 e. The Morgan fingerprint density at radius 2 is 2.11 bits per heavy atom. The van der Waals surface area contributed by atoms with Crippen LogP contribution in [0.2, 0.25) is 5.02 Å². The van der Waals surface area contributed by atoms with E-state index >= 15 is 0 Å². The molecule has 0 atom stereocenters. The zero-order valence-corrected chi connectivity index (χ0v) is 11.0. The van der Waals surface area contributed by atoms with Crippen molar-refractivity contribution in [3.63, 3.8) is 0 Å². The third kappa shape index (κ3) is 4.21. The van der Waals surface area contributed by atoms with E-state index in [1.807, 2.05) is 0 Å². The molecule has 0 bridgehead atoms. The van der Waals surface area contributed by atoms with E-state index in [1.165, 1.54) is 12.1 Å². The van der Waals surface area contributed by atoms with Crippen LogP contribution in [0.25, 0.3) is 0 Å². The molecular weight excluding hydrogens is 255 g/mol. The van der Waals surface area contributed by atoms with Crippen molar-refractivity contribution in [2.75, 3.05) is 39.4 Å². The molecule has 0 radical (unpaired) electrons. The van der Waals surface area contributed by atoms with Crippen molar-refractivity contribution in [1.82, 2.24) is 10.2 Å². The van der Waals surface area contributed by atoms with Gasteiger partial charge < -0.3 is 10.1 Å². The van der Waals surface area contributed by atoms with Crippen LogP contribution in [0.1, 0.15) is 5.56 Å². The van der Waals surface area contributed by atoms with Crippen molar-refractivity contribution in [2.24, 2.45) is 0 Å². The summed E-state index contributed by atoms with van der Waals surface area (Å²) in [5, 5.41) is 3.89. The van der Waals surface area contributed by atoms with E-state index in [1.54, 1.807) is 6.07 Å². The molecule has 2 rings (SSSR count). The first-order valence-corrected chi connectivity index (χ1v) is 6.58. The minimum atomic E-state index is -0.246. The summed E-state index contributed by atoms with van der Waals surface area (Å²) in [5.41, 5.74) is 0.804. The fourth-order valence-electron chi connectivity index (χ4n) is 1.96. The number of hydrogen-bond acceptors (Lipinski definition) is 3. The quantitative estimate of drug-likeness (QED) is 0.829. The number of nitrogens with zero attached hydrogens (tertiary/aromatic N) is 1. The first kappa shape index (κ1) is 13.7. The van der Waals surface area contributed by atoms with Crippen LogP contribution in [-0.2, 0) is 11.3 Å². The molecule has 0 spiro atoms. The van der Waals surface area contributed by atoms with Gasteiger partial charge in [-0.1, -0.05) is 11.6 Å². The summed E-state index contributed by atoms with van der Waals surface area (Å²) >= 11 is 5.99. The van der Waals surface area contributed by atoms with Crippen molar-refractivity contribution in [2.45, 2.75) is 6.54 Å². The molecular formula is C13H18ClFN2O. The van der Waals surface area contributed by atoms with Gasteiger partial charge in [0, 0.05) is 37.7 Å². The zero-order chi connectivity index (χ0) is 12.8. The van der Waals surface area contributed by atoms with Crippen LogP contribution < -0.4 is 5.32 Å². The molecule has 1 saturated heterocycles. The summed E-state index contributed by atoms with van der Waals surface area (Å²) in [6, 6.07) is 4.44. The third-order valence-electron chi connectivity index (χ3n) is 3.03. The molecule has 0 saturated carbocycles. The highest BCUT2D eigenvalue weighted by Gasteiger charge is 2.09. The van der Waals surface area contributed by atoms with Crippen molar-refractivity contribution >= 4 is 11.6 Å². The molecule has 100 valence electrons. The van der Waals surface area contributed by atoms with E-state index in [0.29, 0.717) is 11.6 Å². The second-order valence-corrected chi connectivity index (χ2v) is 4.77. The van der Waals surface area contributed by atoms with Gasteiger partial charge in [0.25, 0.3) is 0 Å². The molecule has 0 aliphatic carbocycles. The highest BCUT2D eigenvalue weighted by Crippen LogP contribution is 2.16. The van der Waals surface area contributed by atoms with Crippen LogP contribution >= 0.6 is 11.6 Å². The predicted molar refractivity (Wildman–Crippen MR) is 70.4 cm³/mol. The molecule has 0 aromatic heterocycles. The van der Waals surface area contributed by atoms with Crippen LogP contribution in [0.15, 0.2) is 18.2 Å². The summed E-state index contributed by atoms with van der Waals surface area (Å²) in [6.07, 6.45) is 0. The molecule has 1 heterocycles. The first-order chi connectivity index (χ1) is 8.75. The Labute approximate surface area is 112 Å². The van der Waals surface area contributed by atoms with Gasteiger partial charge in [-0.2, -0.15) is 0 Å². The Morgan fingerprint density at radius 3 is 2.89 bits per heavy atom. The lowest BCUT2D eigenvalue weighted by molar-refractivity contribution is 0.0384. The summed E-state index contributed by atoms with van der Waals surface area (Å²) in [4.78, 5) is 2.35. The summed E-state index contributed by atoms with van der Waals surface area (Å²) in [7, 11) is 0. The molecule has 18 heavy (non-hydrogen) atoms. The Kier molecular flexibility index (Phi) is 5.38. The molecule has 1 fully saturated rings. The second kappa shape index (κ2) is 7.04. The van der Waals surface area contributed by atoms with Crippen molar-refractivity contribution < 1.29 is 9.13 Å². The number of ether oxygens (including phenoxy) is 1. The average molecular weight is 273 g/mol. The normalized spacial score (nSPS) is 17.0. The summed E-state index contributed by atoms with van der Waals surface area (Å²) in [6.45, 7) is 6.06. The van der Waals surface area contributed by atoms with Crippen LogP contribution in [0.4, 0.5) is 4.39 Å². The fraction of sp³-hybridized carbons (Fsp3) is 0.538. The van der Waals surface area contributed by atoms with Crippen molar-refractivity contribution in [3.05, 3.63) is 34.6 Å². The molecule has 1 aliphatic rings. The van der Waals surface area contributed by atoms with Gasteiger partial charge in [-0.25, -0.2) is 4.39 Å². The van der Waals surface area contributed by atoms with Crippen molar-refractivity contribution in [3.8, 4) is 0 Å². The van der Waals surface area contributed by atoms with Crippen LogP contribution in [0.3, 0.4) is 0 Å². The monoisotopic (exact) mass is 272 g/mol. The third-order valence-corrected chi connectivity index (χ3v) is 3.40. The fourth-order valence-corrected chi connectivity index (χ4v) is 2.15. The van der Waals surface area contributed by atoms with Gasteiger partial charge in [0.1, 0.15) is 5.82 Å². The van der Waals surface area contributed by atoms with E-state index in [0.717, 1.165) is 45.0 Å². The highest BCUT2D eigenvalue weighted by atomic mass is 35.5. The largest absolute Gasteiger partial charge is 0.379 e. The van der Waals surface area contributed by atoms with Gasteiger partial charge in [-0.05, 0) is 23.8 Å². The summed E-state index contributed by atoms with van der Waals surface area (Å²) in [5.74, 6) is -0.246. The minimum absolute atomic E-state index is 0.246. The molecule has 1 aromatic carbocycles. The van der Waals surface area contributed by atoms with E-state index in [-0.39, 0.29) is 5.82 Å². The molecule has 3 nitrogen and oxygen atoms in total. The Balaban J connectivity index is 1.69. The average Bonchev–Trinajstić information content (AvgIpc) is 2.40. The number of nitrogens with one attached hydrogen (secondary N) is 1.